The molecule has 0 heterocycles. The van der Waals surface area contributed by atoms with Crippen LogP contribution >= 0.6 is 0 Å². The van der Waals surface area contributed by atoms with Gasteiger partial charge in [-0.05, 0) is 61.4 Å². The third-order valence-electron chi connectivity index (χ3n) is 3.81. The summed E-state index contributed by atoms with van der Waals surface area (Å²) in [6.07, 6.45) is 0. The Kier molecular flexibility index (Phi) is 5.99. The third-order valence-corrected chi connectivity index (χ3v) is 5.20. The number of rotatable bonds is 6. The van der Waals surface area contributed by atoms with Gasteiger partial charge in [-0.3, -0.25) is 14.3 Å². The maximum atomic E-state index is 12.5. The standard InChI is InChI=1S/C18H20N2O5S/c1-12-4-7-15(10-13(12)2)20-26(23,24)16-8-5-14(6-9-16)18(22)19-11-17(21)25-3/h4-10,20H,11H2,1-3H3,(H,19,22). The predicted molar refractivity (Wildman–Crippen MR) is 97.5 cm³/mol. The largest absolute Gasteiger partial charge is 0.468 e. The fraction of sp³-hybridized carbons (Fsp3) is 0.222. The number of esters is 1. The minimum absolute atomic E-state index is 0.0280. The van der Waals surface area contributed by atoms with Gasteiger partial charge in [-0.15, -0.1) is 0 Å². The van der Waals surface area contributed by atoms with Gasteiger partial charge in [0.25, 0.3) is 15.9 Å². The minimum Gasteiger partial charge on any atom is -0.468 e. The van der Waals surface area contributed by atoms with E-state index in [1.807, 2.05) is 19.9 Å². The van der Waals surface area contributed by atoms with Crippen LogP contribution in [-0.4, -0.2) is 33.9 Å². The molecule has 0 bridgehead atoms. The van der Waals surface area contributed by atoms with Crippen LogP contribution in [0.1, 0.15) is 21.5 Å². The molecule has 2 N–H and O–H groups in total. The lowest BCUT2D eigenvalue weighted by Gasteiger charge is -2.10. The van der Waals surface area contributed by atoms with Gasteiger partial charge >= 0.3 is 5.97 Å². The third kappa shape index (κ3) is 4.82. The molecule has 0 aliphatic rings. The number of methoxy groups -OCH3 is 1. The van der Waals surface area contributed by atoms with Crippen molar-refractivity contribution in [3.05, 3.63) is 59.2 Å². The normalized spacial score (nSPS) is 10.9. The number of carbonyl (C=O) groups is 2. The van der Waals surface area contributed by atoms with Gasteiger partial charge in [0.15, 0.2) is 0 Å². The van der Waals surface area contributed by atoms with E-state index in [2.05, 4.69) is 14.8 Å². The first kappa shape index (κ1) is 19.5. The Morgan fingerprint density at radius 3 is 2.23 bits per heavy atom. The highest BCUT2D eigenvalue weighted by Crippen LogP contribution is 2.19. The molecule has 0 unspecified atom stereocenters. The van der Waals surface area contributed by atoms with E-state index in [-0.39, 0.29) is 17.0 Å². The second kappa shape index (κ2) is 8.01. The van der Waals surface area contributed by atoms with Crippen LogP contribution in [0, 0.1) is 13.8 Å². The molecule has 0 aliphatic heterocycles. The first-order valence-electron chi connectivity index (χ1n) is 7.78. The van der Waals surface area contributed by atoms with Gasteiger partial charge in [0.05, 0.1) is 12.0 Å². The van der Waals surface area contributed by atoms with Gasteiger partial charge in [-0.1, -0.05) is 6.07 Å². The molecule has 2 aromatic rings. The van der Waals surface area contributed by atoms with E-state index in [1.54, 1.807) is 12.1 Å². The topological polar surface area (TPSA) is 102 Å². The maximum absolute atomic E-state index is 12.5. The highest BCUT2D eigenvalue weighted by Gasteiger charge is 2.16. The van der Waals surface area contributed by atoms with Crippen molar-refractivity contribution in [2.24, 2.45) is 0 Å². The van der Waals surface area contributed by atoms with Crippen LogP contribution in [0.15, 0.2) is 47.4 Å². The lowest BCUT2D eigenvalue weighted by molar-refractivity contribution is -0.139. The summed E-state index contributed by atoms with van der Waals surface area (Å²) in [5, 5.41) is 2.38. The number of amides is 1. The smallest absolute Gasteiger partial charge is 0.325 e. The number of nitrogens with one attached hydrogen (secondary N) is 2. The number of aryl methyl sites for hydroxylation is 2. The van der Waals surface area contributed by atoms with Crippen molar-refractivity contribution in [3.8, 4) is 0 Å². The van der Waals surface area contributed by atoms with Crippen molar-refractivity contribution in [2.45, 2.75) is 18.7 Å². The number of carbonyl (C=O) groups excluding carboxylic acids is 2. The SMILES string of the molecule is COC(=O)CNC(=O)c1ccc(S(=O)(=O)Nc2ccc(C)c(C)c2)cc1. The molecule has 0 saturated heterocycles. The van der Waals surface area contributed by atoms with Crippen molar-refractivity contribution in [3.63, 3.8) is 0 Å². The summed E-state index contributed by atoms with van der Waals surface area (Å²) >= 11 is 0. The van der Waals surface area contributed by atoms with Gasteiger partial charge in [0.2, 0.25) is 0 Å². The molecule has 0 fully saturated rings. The maximum Gasteiger partial charge on any atom is 0.325 e. The number of hydrogen-bond donors (Lipinski definition) is 2. The summed E-state index contributed by atoms with van der Waals surface area (Å²) < 4.78 is 31.9. The lowest BCUT2D eigenvalue weighted by Crippen LogP contribution is -2.30. The summed E-state index contributed by atoms with van der Waals surface area (Å²) in [5.41, 5.74) is 2.74. The summed E-state index contributed by atoms with van der Waals surface area (Å²) in [6.45, 7) is 3.58. The van der Waals surface area contributed by atoms with Crippen molar-refractivity contribution in [2.75, 3.05) is 18.4 Å². The Labute approximate surface area is 152 Å². The summed E-state index contributed by atoms with van der Waals surface area (Å²) in [6, 6.07) is 10.7. The van der Waals surface area contributed by atoms with Crippen LogP contribution in [0.25, 0.3) is 0 Å². The van der Waals surface area contributed by atoms with Crippen molar-refractivity contribution in [1.29, 1.82) is 0 Å². The molecular formula is C18H20N2O5S. The van der Waals surface area contributed by atoms with Crippen LogP contribution in [0.2, 0.25) is 0 Å². The van der Waals surface area contributed by atoms with Gasteiger partial charge in [-0.2, -0.15) is 0 Å². The monoisotopic (exact) mass is 376 g/mol. The van der Waals surface area contributed by atoms with E-state index in [0.29, 0.717) is 5.69 Å². The Balaban J connectivity index is 2.11. The van der Waals surface area contributed by atoms with Gasteiger partial charge in [0, 0.05) is 11.3 Å². The molecular weight excluding hydrogens is 356 g/mol. The number of sulfonamides is 1. The molecule has 0 atom stereocenters. The Morgan fingerprint density at radius 2 is 1.65 bits per heavy atom. The van der Waals surface area contributed by atoms with Crippen LogP contribution < -0.4 is 10.0 Å². The molecule has 2 aromatic carbocycles. The summed E-state index contributed by atoms with van der Waals surface area (Å²) in [7, 11) is -2.55. The highest BCUT2D eigenvalue weighted by atomic mass is 32.2. The average molecular weight is 376 g/mol. The molecule has 2 rings (SSSR count). The number of ether oxygens (including phenoxy) is 1. The Hall–Kier alpha value is -2.87. The number of benzene rings is 2. The second-order valence-electron chi connectivity index (χ2n) is 5.69. The molecule has 7 nitrogen and oxygen atoms in total. The van der Waals surface area contributed by atoms with E-state index in [9.17, 15) is 18.0 Å². The molecule has 0 saturated carbocycles. The van der Waals surface area contributed by atoms with Gasteiger partial charge < -0.3 is 10.1 Å². The fourth-order valence-electron chi connectivity index (χ4n) is 2.13. The first-order chi connectivity index (χ1) is 12.2. The van der Waals surface area contributed by atoms with Crippen molar-refractivity contribution < 1.29 is 22.7 Å². The summed E-state index contributed by atoms with van der Waals surface area (Å²) in [5.74, 6) is -1.07. The lowest BCUT2D eigenvalue weighted by atomic mass is 10.1. The second-order valence-corrected chi connectivity index (χ2v) is 7.37. The van der Waals surface area contributed by atoms with Crippen LogP contribution in [-0.2, 0) is 19.6 Å². The fourth-order valence-corrected chi connectivity index (χ4v) is 3.18. The zero-order chi connectivity index (χ0) is 19.3. The van der Waals surface area contributed by atoms with Crippen molar-refractivity contribution in [1.82, 2.24) is 5.32 Å². The molecule has 26 heavy (non-hydrogen) atoms. The van der Waals surface area contributed by atoms with E-state index in [4.69, 9.17) is 0 Å². The van der Waals surface area contributed by atoms with Crippen LogP contribution in [0.4, 0.5) is 5.69 Å². The quantitative estimate of drug-likeness (QED) is 0.751. The van der Waals surface area contributed by atoms with E-state index in [0.717, 1.165) is 11.1 Å². The average Bonchev–Trinajstić information content (AvgIpc) is 2.62. The molecule has 0 radical (unpaired) electrons. The first-order valence-corrected chi connectivity index (χ1v) is 9.26. The molecule has 0 aromatic heterocycles. The van der Waals surface area contributed by atoms with Crippen LogP contribution in [0.3, 0.4) is 0 Å². The van der Waals surface area contributed by atoms with E-state index >= 15 is 0 Å². The Morgan fingerprint density at radius 1 is 1.00 bits per heavy atom. The van der Waals surface area contributed by atoms with Crippen LogP contribution in [0.5, 0.6) is 0 Å². The van der Waals surface area contributed by atoms with Gasteiger partial charge in [0.1, 0.15) is 6.54 Å². The van der Waals surface area contributed by atoms with Gasteiger partial charge in [-0.25, -0.2) is 8.42 Å². The molecule has 0 aliphatic carbocycles. The Bertz CT molecular complexity index is 921. The predicted octanol–water partition coefficient (Wildman–Crippen LogP) is 2.01. The zero-order valence-electron chi connectivity index (χ0n) is 14.7. The van der Waals surface area contributed by atoms with E-state index < -0.39 is 21.9 Å². The zero-order valence-corrected chi connectivity index (χ0v) is 15.5. The molecule has 138 valence electrons. The molecule has 8 heteroatoms. The number of hydrogen-bond acceptors (Lipinski definition) is 5. The number of anilines is 1. The molecule has 0 spiro atoms. The highest BCUT2D eigenvalue weighted by molar-refractivity contribution is 7.92. The summed E-state index contributed by atoms with van der Waals surface area (Å²) in [4.78, 5) is 23.0. The molecule has 1 amide bonds. The minimum atomic E-state index is -3.77. The van der Waals surface area contributed by atoms with E-state index in [1.165, 1.54) is 31.4 Å². The van der Waals surface area contributed by atoms with Crippen molar-refractivity contribution >= 4 is 27.6 Å².